The molecule has 0 bridgehead atoms. The third-order valence-corrected chi connectivity index (χ3v) is 3.30. The Labute approximate surface area is 137 Å². The third-order valence-electron chi connectivity index (χ3n) is 3.07. The van der Waals surface area contributed by atoms with Gasteiger partial charge in [-0.25, -0.2) is 0 Å². The van der Waals surface area contributed by atoms with Crippen LogP contribution in [0.3, 0.4) is 0 Å². The Bertz CT molecular complexity index is 805. The molecule has 0 radical (unpaired) electrons. The molecule has 0 aliphatic carbocycles. The zero-order chi connectivity index (χ0) is 16.1. The molecule has 0 fully saturated rings. The first-order valence-corrected chi connectivity index (χ1v) is 7.37. The maximum absolute atomic E-state index is 11.9. The topological polar surface area (TPSA) is 80.9 Å². The zero-order valence-electron chi connectivity index (χ0n) is 12.1. The highest BCUT2D eigenvalue weighted by Gasteiger charge is 2.10. The number of anilines is 1. The summed E-state index contributed by atoms with van der Waals surface area (Å²) in [6.45, 7) is 0. The minimum absolute atomic E-state index is 0.143. The summed E-state index contributed by atoms with van der Waals surface area (Å²) in [5.41, 5.74) is 1.45. The monoisotopic (exact) mass is 328 g/mol. The smallest absolute Gasteiger partial charge is 0.247 e. The Morgan fingerprint density at radius 1 is 1.17 bits per heavy atom. The largest absolute Gasteiger partial charge is 0.421 e. The number of hydrogen-bond acceptors (Lipinski definition) is 5. The van der Waals surface area contributed by atoms with Gasteiger partial charge in [-0.2, -0.15) is 0 Å². The molecule has 7 heteroatoms. The van der Waals surface area contributed by atoms with Crippen LogP contribution in [0.25, 0.3) is 11.5 Å². The van der Waals surface area contributed by atoms with Crippen LogP contribution in [0.15, 0.2) is 53.2 Å². The van der Waals surface area contributed by atoms with E-state index in [1.165, 1.54) is 0 Å². The van der Waals surface area contributed by atoms with Gasteiger partial charge in [-0.05, 0) is 30.3 Å². The van der Waals surface area contributed by atoms with Gasteiger partial charge in [0.25, 0.3) is 0 Å². The standard InChI is InChI=1S/C16H13ClN4O2/c17-12-2-1-3-13(10-12)19-14(22)4-5-15-20-21-16(23-15)11-6-8-18-9-7-11/h1-3,6-10H,4-5H2,(H,19,22). The molecule has 1 amide bonds. The number of carbonyl (C=O) groups excluding carboxylic acids is 1. The van der Waals surface area contributed by atoms with Crippen molar-refractivity contribution in [3.63, 3.8) is 0 Å². The first-order valence-electron chi connectivity index (χ1n) is 6.99. The summed E-state index contributed by atoms with van der Waals surface area (Å²) in [6.07, 6.45) is 3.91. The van der Waals surface area contributed by atoms with E-state index < -0.39 is 0 Å². The number of carbonyl (C=O) groups is 1. The van der Waals surface area contributed by atoms with Crippen LogP contribution in [0.2, 0.25) is 5.02 Å². The summed E-state index contributed by atoms with van der Waals surface area (Å²) in [6, 6.07) is 10.5. The van der Waals surface area contributed by atoms with Crippen molar-refractivity contribution in [2.24, 2.45) is 0 Å². The average Bonchev–Trinajstić information content (AvgIpc) is 3.03. The summed E-state index contributed by atoms with van der Waals surface area (Å²) in [4.78, 5) is 15.9. The molecule has 2 aromatic heterocycles. The van der Waals surface area contributed by atoms with E-state index in [1.807, 2.05) is 0 Å². The normalized spacial score (nSPS) is 10.5. The molecule has 0 saturated carbocycles. The summed E-state index contributed by atoms with van der Waals surface area (Å²) in [5, 5.41) is 11.3. The Morgan fingerprint density at radius 3 is 2.78 bits per heavy atom. The number of hydrogen-bond donors (Lipinski definition) is 1. The van der Waals surface area contributed by atoms with Crippen LogP contribution in [-0.4, -0.2) is 21.1 Å². The quantitative estimate of drug-likeness (QED) is 0.776. The Kier molecular flexibility index (Phi) is 4.63. The van der Waals surface area contributed by atoms with E-state index in [4.69, 9.17) is 16.0 Å². The van der Waals surface area contributed by atoms with Gasteiger partial charge >= 0.3 is 0 Å². The Morgan fingerprint density at radius 2 is 2.00 bits per heavy atom. The van der Waals surface area contributed by atoms with Gasteiger partial charge in [0, 0.05) is 41.5 Å². The van der Waals surface area contributed by atoms with Crippen LogP contribution < -0.4 is 5.32 Å². The second-order valence-electron chi connectivity index (χ2n) is 4.80. The maximum atomic E-state index is 11.9. The summed E-state index contributed by atoms with van der Waals surface area (Å²) in [5.74, 6) is 0.687. The maximum Gasteiger partial charge on any atom is 0.247 e. The molecule has 0 unspecified atom stereocenters. The van der Waals surface area contributed by atoms with Crippen molar-refractivity contribution >= 4 is 23.2 Å². The van der Waals surface area contributed by atoms with Crippen LogP contribution in [0.4, 0.5) is 5.69 Å². The molecule has 116 valence electrons. The van der Waals surface area contributed by atoms with E-state index in [1.54, 1.807) is 48.8 Å². The second kappa shape index (κ2) is 7.02. The molecule has 0 aliphatic heterocycles. The van der Waals surface area contributed by atoms with E-state index in [0.29, 0.717) is 28.9 Å². The Hall–Kier alpha value is -2.73. The van der Waals surface area contributed by atoms with Gasteiger partial charge in [0.05, 0.1) is 0 Å². The second-order valence-corrected chi connectivity index (χ2v) is 5.23. The van der Waals surface area contributed by atoms with Crippen molar-refractivity contribution in [2.75, 3.05) is 5.32 Å². The fourth-order valence-electron chi connectivity index (χ4n) is 1.98. The lowest BCUT2D eigenvalue weighted by atomic mass is 10.2. The molecule has 1 N–H and O–H groups in total. The van der Waals surface area contributed by atoms with Crippen molar-refractivity contribution in [3.05, 3.63) is 59.7 Å². The predicted molar refractivity (Wildman–Crippen MR) is 85.9 cm³/mol. The van der Waals surface area contributed by atoms with E-state index in [9.17, 15) is 4.79 Å². The molecule has 0 saturated heterocycles. The minimum atomic E-state index is -0.143. The third kappa shape index (κ3) is 4.14. The van der Waals surface area contributed by atoms with Gasteiger partial charge in [0.2, 0.25) is 17.7 Å². The highest BCUT2D eigenvalue weighted by atomic mass is 35.5. The van der Waals surface area contributed by atoms with Crippen molar-refractivity contribution < 1.29 is 9.21 Å². The number of halogens is 1. The molecule has 6 nitrogen and oxygen atoms in total. The number of pyridine rings is 1. The van der Waals surface area contributed by atoms with Crippen LogP contribution in [0, 0.1) is 0 Å². The summed E-state index contributed by atoms with van der Waals surface area (Å²) < 4.78 is 5.54. The van der Waals surface area contributed by atoms with E-state index in [-0.39, 0.29) is 12.3 Å². The number of amides is 1. The van der Waals surface area contributed by atoms with E-state index in [0.717, 1.165) is 5.56 Å². The van der Waals surface area contributed by atoms with Crippen LogP contribution in [-0.2, 0) is 11.2 Å². The SMILES string of the molecule is O=C(CCc1nnc(-c2ccncc2)o1)Nc1cccc(Cl)c1. The lowest BCUT2D eigenvalue weighted by Gasteiger charge is -2.04. The van der Waals surface area contributed by atoms with Gasteiger partial charge in [-0.3, -0.25) is 9.78 Å². The lowest BCUT2D eigenvalue weighted by molar-refractivity contribution is -0.116. The fourth-order valence-corrected chi connectivity index (χ4v) is 2.17. The van der Waals surface area contributed by atoms with Gasteiger partial charge in [0.1, 0.15) is 0 Å². The average molecular weight is 329 g/mol. The zero-order valence-corrected chi connectivity index (χ0v) is 12.8. The highest BCUT2D eigenvalue weighted by Crippen LogP contribution is 2.18. The van der Waals surface area contributed by atoms with Gasteiger partial charge in [0.15, 0.2) is 0 Å². The fraction of sp³-hybridized carbons (Fsp3) is 0.125. The minimum Gasteiger partial charge on any atom is -0.421 e. The van der Waals surface area contributed by atoms with E-state index in [2.05, 4.69) is 20.5 Å². The van der Waals surface area contributed by atoms with Crippen LogP contribution in [0.1, 0.15) is 12.3 Å². The van der Waals surface area contributed by atoms with Crippen LogP contribution in [0.5, 0.6) is 0 Å². The number of rotatable bonds is 5. The van der Waals surface area contributed by atoms with Crippen molar-refractivity contribution in [2.45, 2.75) is 12.8 Å². The molecule has 3 rings (SSSR count). The molecular formula is C16H13ClN4O2. The Balaban J connectivity index is 1.56. The van der Waals surface area contributed by atoms with Crippen molar-refractivity contribution in [1.82, 2.24) is 15.2 Å². The van der Waals surface area contributed by atoms with Gasteiger partial charge in [-0.1, -0.05) is 17.7 Å². The molecule has 0 spiro atoms. The lowest BCUT2D eigenvalue weighted by Crippen LogP contribution is -2.12. The van der Waals surface area contributed by atoms with Crippen LogP contribution >= 0.6 is 11.6 Å². The number of benzene rings is 1. The molecule has 0 atom stereocenters. The molecule has 1 aromatic carbocycles. The molecule has 2 heterocycles. The first-order chi connectivity index (χ1) is 11.2. The van der Waals surface area contributed by atoms with Crippen molar-refractivity contribution in [1.29, 1.82) is 0 Å². The van der Waals surface area contributed by atoms with Gasteiger partial charge in [-0.15, -0.1) is 10.2 Å². The number of nitrogens with zero attached hydrogens (tertiary/aromatic N) is 3. The summed E-state index contributed by atoms with van der Waals surface area (Å²) in [7, 11) is 0. The van der Waals surface area contributed by atoms with Gasteiger partial charge < -0.3 is 9.73 Å². The number of aryl methyl sites for hydroxylation is 1. The molecule has 0 aliphatic rings. The van der Waals surface area contributed by atoms with E-state index >= 15 is 0 Å². The highest BCUT2D eigenvalue weighted by molar-refractivity contribution is 6.30. The van der Waals surface area contributed by atoms with Crippen molar-refractivity contribution in [3.8, 4) is 11.5 Å². The molecule has 3 aromatic rings. The molecule has 23 heavy (non-hydrogen) atoms. The summed E-state index contributed by atoms with van der Waals surface area (Å²) >= 11 is 5.87. The first kappa shape index (κ1) is 15.2. The number of aromatic nitrogens is 3. The number of nitrogens with one attached hydrogen (secondary N) is 1. The molecular weight excluding hydrogens is 316 g/mol. The predicted octanol–water partition coefficient (Wildman–Crippen LogP) is 3.36.